The Morgan fingerprint density at radius 2 is 2.18 bits per heavy atom. The Hall–Kier alpha value is -1.16. The third-order valence-electron chi connectivity index (χ3n) is 3.52. The molecule has 0 amide bonds. The molecule has 94 valence electrons. The van der Waals surface area contributed by atoms with Gasteiger partial charge in [0.15, 0.2) is 0 Å². The van der Waals surface area contributed by atoms with Gasteiger partial charge < -0.3 is 10.2 Å². The van der Waals surface area contributed by atoms with Crippen molar-refractivity contribution in [2.75, 3.05) is 24.5 Å². The van der Waals surface area contributed by atoms with Crippen molar-refractivity contribution in [3.05, 3.63) is 17.5 Å². The van der Waals surface area contributed by atoms with E-state index in [4.69, 9.17) is 0 Å². The second-order valence-corrected chi connectivity index (χ2v) is 5.15. The molecule has 4 heteroatoms. The lowest BCUT2D eigenvalue weighted by Gasteiger charge is -2.38. The smallest absolute Gasteiger partial charge is 0.225 e. The van der Waals surface area contributed by atoms with E-state index in [1.807, 2.05) is 13.1 Å². The van der Waals surface area contributed by atoms with E-state index in [-0.39, 0.29) is 0 Å². The Labute approximate surface area is 103 Å². The quantitative estimate of drug-likeness (QED) is 0.842. The van der Waals surface area contributed by atoms with Crippen LogP contribution in [-0.2, 0) is 0 Å². The number of hydrogen-bond donors (Lipinski definition) is 1. The Morgan fingerprint density at radius 3 is 2.82 bits per heavy atom. The molecule has 1 atom stereocenters. The predicted molar refractivity (Wildman–Crippen MR) is 70.3 cm³/mol. The second-order valence-electron chi connectivity index (χ2n) is 5.15. The van der Waals surface area contributed by atoms with Gasteiger partial charge >= 0.3 is 0 Å². The van der Waals surface area contributed by atoms with Crippen molar-refractivity contribution in [3.63, 3.8) is 0 Å². The molecule has 2 rings (SSSR count). The van der Waals surface area contributed by atoms with Crippen LogP contribution < -0.4 is 10.2 Å². The molecule has 0 aromatic carbocycles. The van der Waals surface area contributed by atoms with Crippen LogP contribution in [0.3, 0.4) is 0 Å². The highest BCUT2D eigenvalue weighted by molar-refractivity contribution is 5.35. The van der Waals surface area contributed by atoms with Gasteiger partial charge in [-0.15, -0.1) is 0 Å². The first-order valence-corrected chi connectivity index (χ1v) is 6.37. The van der Waals surface area contributed by atoms with Gasteiger partial charge in [0.05, 0.1) is 0 Å². The number of hydrogen-bond acceptors (Lipinski definition) is 4. The fourth-order valence-corrected chi connectivity index (χ4v) is 2.22. The van der Waals surface area contributed by atoms with Gasteiger partial charge in [-0.25, -0.2) is 9.97 Å². The maximum absolute atomic E-state index is 4.62. The van der Waals surface area contributed by atoms with Crippen LogP contribution >= 0.6 is 0 Å². The average molecular weight is 234 g/mol. The average Bonchev–Trinajstić information content (AvgIpc) is 2.32. The number of anilines is 1. The lowest BCUT2D eigenvalue weighted by atomic mass is 10.0. The zero-order chi connectivity index (χ0) is 12.4. The summed E-state index contributed by atoms with van der Waals surface area (Å²) in [5.41, 5.74) is 2.24. The number of aryl methyl sites for hydroxylation is 2. The molecule has 1 fully saturated rings. The van der Waals surface area contributed by atoms with E-state index >= 15 is 0 Å². The maximum Gasteiger partial charge on any atom is 0.225 e. The lowest BCUT2D eigenvalue weighted by Crippen LogP contribution is -2.54. The van der Waals surface area contributed by atoms with E-state index in [1.165, 1.54) is 0 Å². The van der Waals surface area contributed by atoms with Crippen LogP contribution in [0.25, 0.3) is 0 Å². The molecule has 1 N–H and O–H groups in total. The zero-order valence-corrected chi connectivity index (χ0v) is 11.2. The SMILES string of the molecule is Cc1cnc(N2CCNC[C@H]2C(C)C)nc1C. The summed E-state index contributed by atoms with van der Waals surface area (Å²) in [5, 5.41) is 3.44. The molecule has 1 aliphatic rings. The number of rotatable bonds is 2. The Balaban J connectivity index is 2.26. The number of aromatic nitrogens is 2. The van der Waals surface area contributed by atoms with Gasteiger partial charge in [-0.2, -0.15) is 0 Å². The molecule has 0 unspecified atom stereocenters. The van der Waals surface area contributed by atoms with Crippen molar-refractivity contribution in [1.82, 2.24) is 15.3 Å². The van der Waals surface area contributed by atoms with Crippen LogP contribution in [0, 0.1) is 19.8 Å². The van der Waals surface area contributed by atoms with Gasteiger partial charge in [-0.05, 0) is 25.3 Å². The van der Waals surface area contributed by atoms with E-state index in [9.17, 15) is 0 Å². The van der Waals surface area contributed by atoms with Gasteiger partial charge in [0, 0.05) is 37.6 Å². The zero-order valence-electron chi connectivity index (χ0n) is 11.2. The molecule has 0 radical (unpaired) electrons. The van der Waals surface area contributed by atoms with Crippen LogP contribution in [0.5, 0.6) is 0 Å². The van der Waals surface area contributed by atoms with E-state index in [1.54, 1.807) is 0 Å². The number of nitrogens with one attached hydrogen (secondary N) is 1. The third kappa shape index (κ3) is 2.57. The summed E-state index contributed by atoms with van der Waals surface area (Å²) in [6.07, 6.45) is 1.93. The highest BCUT2D eigenvalue weighted by Crippen LogP contribution is 2.19. The van der Waals surface area contributed by atoms with Crippen molar-refractivity contribution >= 4 is 5.95 Å². The second kappa shape index (κ2) is 5.00. The van der Waals surface area contributed by atoms with Gasteiger partial charge in [-0.1, -0.05) is 13.8 Å². The summed E-state index contributed by atoms with van der Waals surface area (Å²) in [6, 6.07) is 0.492. The summed E-state index contributed by atoms with van der Waals surface area (Å²) in [6.45, 7) is 11.6. The molecule has 1 saturated heterocycles. The summed E-state index contributed by atoms with van der Waals surface area (Å²) >= 11 is 0. The molecule has 0 aliphatic carbocycles. The molecule has 0 spiro atoms. The first-order valence-electron chi connectivity index (χ1n) is 6.37. The molecule has 4 nitrogen and oxygen atoms in total. The molecular formula is C13H22N4. The standard InChI is InChI=1S/C13H22N4/c1-9(2)12-8-14-5-6-17(12)13-15-7-10(3)11(4)16-13/h7,9,12,14H,5-6,8H2,1-4H3/t12-/m0/s1. The summed E-state index contributed by atoms with van der Waals surface area (Å²) < 4.78 is 0. The van der Waals surface area contributed by atoms with Crippen LogP contribution in [0.4, 0.5) is 5.95 Å². The minimum atomic E-state index is 0.492. The van der Waals surface area contributed by atoms with E-state index in [0.717, 1.165) is 36.8 Å². The summed E-state index contributed by atoms with van der Waals surface area (Å²) in [5.74, 6) is 1.49. The van der Waals surface area contributed by atoms with Crippen molar-refractivity contribution < 1.29 is 0 Å². The van der Waals surface area contributed by atoms with Crippen LogP contribution in [-0.4, -0.2) is 35.6 Å². The molecule has 0 bridgehead atoms. The molecule has 0 saturated carbocycles. The van der Waals surface area contributed by atoms with Crippen molar-refractivity contribution in [3.8, 4) is 0 Å². The topological polar surface area (TPSA) is 41.1 Å². The lowest BCUT2D eigenvalue weighted by molar-refractivity contribution is 0.385. The van der Waals surface area contributed by atoms with Gasteiger partial charge in [0.1, 0.15) is 0 Å². The monoisotopic (exact) mass is 234 g/mol. The highest BCUT2D eigenvalue weighted by Gasteiger charge is 2.26. The minimum absolute atomic E-state index is 0.492. The minimum Gasteiger partial charge on any atom is -0.335 e. The van der Waals surface area contributed by atoms with E-state index < -0.39 is 0 Å². The van der Waals surface area contributed by atoms with Crippen LogP contribution in [0.2, 0.25) is 0 Å². The predicted octanol–water partition coefficient (Wildman–Crippen LogP) is 1.53. The normalized spacial score (nSPS) is 21.0. The van der Waals surface area contributed by atoms with Gasteiger partial charge in [0.2, 0.25) is 5.95 Å². The molecular weight excluding hydrogens is 212 g/mol. The Kier molecular flexibility index (Phi) is 3.62. The molecule has 1 aliphatic heterocycles. The van der Waals surface area contributed by atoms with Crippen molar-refractivity contribution in [2.24, 2.45) is 5.92 Å². The highest BCUT2D eigenvalue weighted by atomic mass is 15.3. The molecule has 2 heterocycles. The van der Waals surface area contributed by atoms with Crippen molar-refractivity contribution in [2.45, 2.75) is 33.7 Å². The first kappa shape index (κ1) is 12.3. The molecule has 1 aromatic rings. The summed E-state index contributed by atoms with van der Waals surface area (Å²) in [7, 11) is 0. The Bertz CT molecular complexity index is 389. The van der Waals surface area contributed by atoms with Crippen LogP contribution in [0.15, 0.2) is 6.20 Å². The maximum atomic E-state index is 4.62. The van der Waals surface area contributed by atoms with E-state index in [2.05, 4.69) is 41.0 Å². The largest absolute Gasteiger partial charge is 0.335 e. The van der Waals surface area contributed by atoms with Crippen LogP contribution in [0.1, 0.15) is 25.1 Å². The van der Waals surface area contributed by atoms with Crippen molar-refractivity contribution in [1.29, 1.82) is 0 Å². The fraction of sp³-hybridized carbons (Fsp3) is 0.692. The summed E-state index contributed by atoms with van der Waals surface area (Å²) in [4.78, 5) is 11.4. The molecule has 1 aromatic heterocycles. The Morgan fingerprint density at radius 1 is 1.41 bits per heavy atom. The molecule has 17 heavy (non-hydrogen) atoms. The van der Waals surface area contributed by atoms with Gasteiger partial charge in [0.25, 0.3) is 0 Å². The first-order chi connectivity index (χ1) is 8.09. The van der Waals surface area contributed by atoms with Gasteiger partial charge in [-0.3, -0.25) is 0 Å². The fourth-order valence-electron chi connectivity index (χ4n) is 2.22. The number of piperazine rings is 1. The van der Waals surface area contributed by atoms with E-state index in [0.29, 0.717) is 12.0 Å². The number of nitrogens with zero attached hydrogens (tertiary/aromatic N) is 3. The third-order valence-corrected chi connectivity index (χ3v) is 3.52.